The maximum absolute atomic E-state index is 11.9. The molecule has 1 atom stereocenters. The first-order valence-corrected chi connectivity index (χ1v) is 7.93. The first-order chi connectivity index (χ1) is 10.7. The number of amides is 1. The fraction of sp³-hybridized carbons (Fsp3) is 0.250. The molecule has 1 aliphatic rings. The number of carbonyl (C=O) groups is 2. The van der Waals surface area contributed by atoms with Crippen LogP contribution in [0.3, 0.4) is 0 Å². The van der Waals surface area contributed by atoms with E-state index in [1.807, 2.05) is 5.38 Å². The maximum atomic E-state index is 11.9. The van der Waals surface area contributed by atoms with E-state index in [2.05, 4.69) is 5.32 Å². The van der Waals surface area contributed by atoms with Crippen LogP contribution in [0.15, 0.2) is 41.1 Å². The Labute approximate surface area is 131 Å². The number of benzene rings is 1. The van der Waals surface area contributed by atoms with E-state index in [0.717, 1.165) is 6.42 Å². The molecule has 0 spiro atoms. The van der Waals surface area contributed by atoms with Gasteiger partial charge in [-0.05, 0) is 48.6 Å². The van der Waals surface area contributed by atoms with Gasteiger partial charge in [0.2, 0.25) is 0 Å². The molecule has 1 fully saturated rings. The molecule has 1 aromatic heterocycles. The monoisotopic (exact) mass is 317 g/mol. The molecule has 114 valence electrons. The number of nitrogens with one attached hydrogen (secondary N) is 1. The number of esters is 1. The molecule has 1 amide bonds. The lowest BCUT2D eigenvalue weighted by Crippen LogP contribution is -2.24. The quantitative estimate of drug-likeness (QED) is 0.695. The Hall–Kier alpha value is -2.18. The van der Waals surface area contributed by atoms with E-state index >= 15 is 0 Å². The molecule has 2 aromatic rings. The van der Waals surface area contributed by atoms with Gasteiger partial charge in [-0.2, -0.15) is 11.3 Å². The summed E-state index contributed by atoms with van der Waals surface area (Å²) in [6.45, 7) is 0.604. The molecule has 0 radical (unpaired) electrons. The third-order valence-corrected chi connectivity index (χ3v) is 3.99. The molecular formula is C16H15NO4S. The molecule has 5 nitrogen and oxygen atoms in total. The molecule has 1 aliphatic heterocycles. The SMILES string of the molecule is O=C(Nc1ccc(OC(=O)C2CCCO2)cc1)c1ccsc1. The fourth-order valence-electron chi connectivity index (χ4n) is 2.15. The predicted molar refractivity (Wildman–Crippen MR) is 83.3 cm³/mol. The zero-order valence-electron chi connectivity index (χ0n) is 11.8. The van der Waals surface area contributed by atoms with Gasteiger partial charge < -0.3 is 14.8 Å². The Balaban J connectivity index is 1.58. The van der Waals surface area contributed by atoms with Gasteiger partial charge in [-0.25, -0.2) is 4.79 Å². The van der Waals surface area contributed by atoms with E-state index in [0.29, 0.717) is 30.0 Å². The second kappa shape index (κ2) is 6.72. The number of thiophene rings is 1. The Bertz CT molecular complexity index is 645. The lowest BCUT2D eigenvalue weighted by atomic mass is 10.2. The van der Waals surface area contributed by atoms with E-state index in [1.54, 1.807) is 35.7 Å². The first kappa shape index (κ1) is 14.7. The zero-order valence-corrected chi connectivity index (χ0v) is 12.6. The molecule has 1 aromatic carbocycles. The highest BCUT2D eigenvalue weighted by Gasteiger charge is 2.25. The molecule has 0 saturated carbocycles. The van der Waals surface area contributed by atoms with E-state index in [9.17, 15) is 9.59 Å². The topological polar surface area (TPSA) is 64.6 Å². The van der Waals surface area contributed by atoms with Crippen molar-refractivity contribution in [1.29, 1.82) is 0 Å². The molecular weight excluding hydrogens is 302 g/mol. The molecule has 1 saturated heterocycles. The number of anilines is 1. The first-order valence-electron chi connectivity index (χ1n) is 6.99. The molecule has 22 heavy (non-hydrogen) atoms. The molecule has 0 bridgehead atoms. The average Bonchev–Trinajstić information content (AvgIpc) is 3.23. The Morgan fingerprint density at radius 2 is 2.05 bits per heavy atom. The molecule has 1 N–H and O–H groups in total. The molecule has 3 rings (SSSR count). The molecule has 2 heterocycles. The summed E-state index contributed by atoms with van der Waals surface area (Å²) in [7, 11) is 0. The van der Waals surface area contributed by atoms with Crippen molar-refractivity contribution in [2.24, 2.45) is 0 Å². The molecule has 6 heteroatoms. The fourth-order valence-corrected chi connectivity index (χ4v) is 2.78. The van der Waals surface area contributed by atoms with E-state index < -0.39 is 6.10 Å². The Morgan fingerprint density at radius 3 is 2.68 bits per heavy atom. The normalized spacial score (nSPS) is 17.2. The van der Waals surface area contributed by atoms with Gasteiger partial charge in [0.1, 0.15) is 5.75 Å². The van der Waals surface area contributed by atoms with Gasteiger partial charge in [-0.1, -0.05) is 0 Å². The van der Waals surface area contributed by atoms with Crippen LogP contribution in [0.5, 0.6) is 5.75 Å². The van der Waals surface area contributed by atoms with Crippen molar-refractivity contribution in [2.45, 2.75) is 18.9 Å². The van der Waals surface area contributed by atoms with Crippen molar-refractivity contribution in [3.05, 3.63) is 46.7 Å². The van der Waals surface area contributed by atoms with Crippen molar-refractivity contribution in [3.8, 4) is 5.75 Å². The highest BCUT2D eigenvalue weighted by Crippen LogP contribution is 2.20. The van der Waals surface area contributed by atoms with Gasteiger partial charge in [0.05, 0.1) is 5.56 Å². The summed E-state index contributed by atoms with van der Waals surface area (Å²) < 4.78 is 10.5. The molecule has 1 unspecified atom stereocenters. The van der Waals surface area contributed by atoms with Gasteiger partial charge in [-0.15, -0.1) is 0 Å². The lowest BCUT2D eigenvalue weighted by Gasteiger charge is -2.10. The van der Waals surface area contributed by atoms with Gasteiger partial charge in [0.15, 0.2) is 6.10 Å². The zero-order chi connectivity index (χ0) is 15.4. The number of hydrogen-bond acceptors (Lipinski definition) is 5. The van der Waals surface area contributed by atoms with Crippen LogP contribution in [-0.2, 0) is 9.53 Å². The summed E-state index contributed by atoms with van der Waals surface area (Å²) in [5, 5.41) is 6.42. The van der Waals surface area contributed by atoms with Crippen LogP contribution in [0.25, 0.3) is 0 Å². The minimum atomic E-state index is -0.460. The Morgan fingerprint density at radius 1 is 1.23 bits per heavy atom. The largest absolute Gasteiger partial charge is 0.425 e. The minimum Gasteiger partial charge on any atom is -0.425 e. The third kappa shape index (κ3) is 3.52. The van der Waals surface area contributed by atoms with Crippen LogP contribution < -0.4 is 10.1 Å². The summed E-state index contributed by atoms with van der Waals surface area (Å²) >= 11 is 1.47. The van der Waals surface area contributed by atoms with Crippen molar-refractivity contribution in [2.75, 3.05) is 11.9 Å². The van der Waals surface area contributed by atoms with Crippen LogP contribution in [0, 0.1) is 0 Å². The third-order valence-electron chi connectivity index (χ3n) is 3.31. The van der Waals surface area contributed by atoms with Crippen molar-refractivity contribution >= 4 is 28.9 Å². The Kier molecular flexibility index (Phi) is 4.50. The van der Waals surface area contributed by atoms with Crippen LogP contribution in [0.2, 0.25) is 0 Å². The van der Waals surface area contributed by atoms with Crippen LogP contribution in [0.4, 0.5) is 5.69 Å². The van der Waals surface area contributed by atoms with Crippen molar-refractivity contribution in [3.63, 3.8) is 0 Å². The van der Waals surface area contributed by atoms with E-state index in [1.165, 1.54) is 11.3 Å². The van der Waals surface area contributed by atoms with Gasteiger partial charge >= 0.3 is 5.97 Å². The summed E-state index contributed by atoms with van der Waals surface area (Å²) in [6.07, 6.45) is 1.12. The second-order valence-electron chi connectivity index (χ2n) is 4.91. The van der Waals surface area contributed by atoms with E-state index in [-0.39, 0.29) is 11.9 Å². The number of ether oxygens (including phenoxy) is 2. The second-order valence-corrected chi connectivity index (χ2v) is 5.69. The number of hydrogen-bond donors (Lipinski definition) is 1. The van der Waals surface area contributed by atoms with Crippen LogP contribution in [-0.4, -0.2) is 24.6 Å². The smallest absolute Gasteiger partial charge is 0.340 e. The summed E-state index contributed by atoms with van der Waals surface area (Å²) in [5.74, 6) is -0.0908. The van der Waals surface area contributed by atoms with Crippen LogP contribution >= 0.6 is 11.3 Å². The van der Waals surface area contributed by atoms with Crippen molar-refractivity contribution in [1.82, 2.24) is 0 Å². The highest BCUT2D eigenvalue weighted by atomic mass is 32.1. The number of rotatable bonds is 4. The average molecular weight is 317 g/mol. The van der Waals surface area contributed by atoms with Crippen molar-refractivity contribution < 1.29 is 19.1 Å². The summed E-state index contributed by atoms with van der Waals surface area (Å²) in [5.41, 5.74) is 1.27. The number of carbonyl (C=O) groups excluding carboxylic acids is 2. The standard InChI is InChI=1S/C16H15NO4S/c18-15(11-7-9-22-10-11)17-12-3-5-13(6-4-12)21-16(19)14-2-1-8-20-14/h3-7,9-10,14H,1-2,8H2,(H,17,18). The maximum Gasteiger partial charge on any atom is 0.340 e. The van der Waals surface area contributed by atoms with E-state index in [4.69, 9.17) is 9.47 Å². The van der Waals surface area contributed by atoms with Gasteiger partial charge in [0.25, 0.3) is 5.91 Å². The summed E-state index contributed by atoms with van der Waals surface area (Å²) in [4.78, 5) is 23.7. The minimum absolute atomic E-state index is 0.162. The summed E-state index contributed by atoms with van der Waals surface area (Å²) in [6, 6.07) is 8.45. The highest BCUT2D eigenvalue weighted by molar-refractivity contribution is 7.08. The lowest BCUT2D eigenvalue weighted by molar-refractivity contribution is -0.144. The molecule has 0 aliphatic carbocycles. The predicted octanol–water partition coefficient (Wildman–Crippen LogP) is 3.08. The van der Waals surface area contributed by atoms with Crippen LogP contribution in [0.1, 0.15) is 23.2 Å². The van der Waals surface area contributed by atoms with Gasteiger partial charge in [0, 0.05) is 17.7 Å². The van der Waals surface area contributed by atoms with Gasteiger partial charge in [-0.3, -0.25) is 4.79 Å².